The molecule has 0 aromatic heterocycles. The van der Waals surface area contributed by atoms with Crippen molar-refractivity contribution in [1.82, 2.24) is 0 Å². The molecule has 2 rings (SSSR count). The fourth-order valence-electron chi connectivity index (χ4n) is 3.19. The maximum atomic E-state index is 9.88. The lowest BCUT2D eigenvalue weighted by atomic mass is 9.66. The molecule has 2 N–H and O–H groups in total. The molecular formula is C10H18O2. The van der Waals surface area contributed by atoms with E-state index >= 15 is 0 Å². The van der Waals surface area contributed by atoms with Gasteiger partial charge in [-0.05, 0) is 50.9 Å². The molecule has 0 aliphatic heterocycles. The van der Waals surface area contributed by atoms with Crippen LogP contribution in [0.4, 0.5) is 0 Å². The minimum Gasteiger partial charge on any atom is -0.393 e. The lowest BCUT2D eigenvalue weighted by Gasteiger charge is -2.44. The van der Waals surface area contributed by atoms with Crippen LogP contribution in [-0.2, 0) is 0 Å². The normalized spacial score (nSPS) is 53.8. The molecule has 2 aliphatic carbocycles. The monoisotopic (exact) mass is 170 g/mol. The molecule has 2 atom stereocenters. The van der Waals surface area contributed by atoms with E-state index in [4.69, 9.17) is 0 Å². The Morgan fingerprint density at radius 1 is 1.08 bits per heavy atom. The zero-order valence-corrected chi connectivity index (χ0v) is 7.66. The highest BCUT2D eigenvalue weighted by Crippen LogP contribution is 2.44. The summed E-state index contributed by atoms with van der Waals surface area (Å²) in [6.07, 6.45) is 4.73. The van der Waals surface area contributed by atoms with Gasteiger partial charge in [0.15, 0.2) is 0 Å². The van der Waals surface area contributed by atoms with E-state index in [-0.39, 0.29) is 6.10 Å². The van der Waals surface area contributed by atoms with Crippen LogP contribution in [0.1, 0.15) is 39.0 Å². The molecule has 70 valence electrons. The first kappa shape index (κ1) is 8.52. The summed E-state index contributed by atoms with van der Waals surface area (Å²) in [5, 5.41) is 19.4. The van der Waals surface area contributed by atoms with Gasteiger partial charge < -0.3 is 10.2 Å². The Balaban J connectivity index is 2.06. The summed E-state index contributed by atoms with van der Waals surface area (Å²) in [6, 6.07) is 0. The average molecular weight is 170 g/mol. The van der Waals surface area contributed by atoms with E-state index < -0.39 is 5.60 Å². The van der Waals surface area contributed by atoms with E-state index in [1.54, 1.807) is 0 Å². The highest BCUT2D eigenvalue weighted by Gasteiger charge is 2.40. The van der Waals surface area contributed by atoms with Crippen molar-refractivity contribution in [3.05, 3.63) is 0 Å². The third kappa shape index (κ3) is 1.64. The molecule has 0 heterocycles. The Labute approximate surface area is 73.6 Å². The number of hydrogen-bond donors (Lipinski definition) is 2. The van der Waals surface area contributed by atoms with Crippen LogP contribution in [0.5, 0.6) is 0 Å². The Bertz CT molecular complexity index is 157. The zero-order chi connectivity index (χ0) is 8.77. The van der Waals surface area contributed by atoms with Crippen LogP contribution in [0.2, 0.25) is 0 Å². The maximum absolute atomic E-state index is 9.88. The van der Waals surface area contributed by atoms with E-state index in [0.717, 1.165) is 25.7 Å². The van der Waals surface area contributed by atoms with Gasteiger partial charge in [0.1, 0.15) is 0 Å². The Morgan fingerprint density at radius 3 is 2.08 bits per heavy atom. The molecule has 2 saturated carbocycles. The van der Waals surface area contributed by atoms with Gasteiger partial charge in [0.25, 0.3) is 0 Å². The van der Waals surface area contributed by atoms with Crippen molar-refractivity contribution in [1.29, 1.82) is 0 Å². The lowest BCUT2D eigenvalue weighted by Crippen LogP contribution is -2.41. The van der Waals surface area contributed by atoms with Gasteiger partial charge in [-0.1, -0.05) is 0 Å². The first-order chi connectivity index (χ1) is 5.55. The molecule has 2 fully saturated rings. The van der Waals surface area contributed by atoms with Crippen molar-refractivity contribution in [2.24, 2.45) is 11.8 Å². The third-order valence-corrected chi connectivity index (χ3v) is 3.33. The van der Waals surface area contributed by atoms with Crippen molar-refractivity contribution in [3.8, 4) is 0 Å². The Kier molecular flexibility index (Phi) is 1.92. The van der Waals surface area contributed by atoms with Crippen molar-refractivity contribution in [2.75, 3.05) is 0 Å². The molecular weight excluding hydrogens is 152 g/mol. The second-order valence-electron chi connectivity index (χ2n) is 5.00. The van der Waals surface area contributed by atoms with Gasteiger partial charge >= 0.3 is 0 Å². The topological polar surface area (TPSA) is 40.5 Å². The van der Waals surface area contributed by atoms with Gasteiger partial charge in [-0.25, -0.2) is 0 Å². The zero-order valence-electron chi connectivity index (χ0n) is 7.66. The van der Waals surface area contributed by atoms with Crippen LogP contribution in [0, 0.1) is 11.8 Å². The molecule has 0 amide bonds. The molecule has 2 nitrogen and oxygen atoms in total. The summed E-state index contributed by atoms with van der Waals surface area (Å²) >= 11 is 0. The van der Waals surface area contributed by atoms with Crippen LogP contribution in [-0.4, -0.2) is 21.9 Å². The van der Waals surface area contributed by atoms with Crippen molar-refractivity contribution in [3.63, 3.8) is 0 Å². The average Bonchev–Trinajstić information content (AvgIpc) is 1.78. The van der Waals surface area contributed by atoms with Gasteiger partial charge in [-0.3, -0.25) is 0 Å². The fraction of sp³-hybridized carbons (Fsp3) is 1.00. The number of hydrogen-bond acceptors (Lipinski definition) is 2. The van der Waals surface area contributed by atoms with E-state index in [1.807, 2.05) is 6.92 Å². The summed E-state index contributed by atoms with van der Waals surface area (Å²) in [5.74, 6) is 1.14. The van der Waals surface area contributed by atoms with Gasteiger partial charge in [-0.15, -0.1) is 0 Å². The smallest absolute Gasteiger partial charge is 0.0625 e. The molecule has 2 unspecified atom stereocenters. The van der Waals surface area contributed by atoms with Gasteiger partial charge in [0.2, 0.25) is 0 Å². The first-order valence-electron chi connectivity index (χ1n) is 4.95. The van der Waals surface area contributed by atoms with Gasteiger partial charge in [0.05, 0.1) is 11.7 Å². The summed E-state index contributed by atoms with van der Waals surface area (Å²) in [7, 11) is 0. The minimum absolute atomic E-state index is 0.0927. The SMILES string of the molecule is CC1(O)CC2CC(O)CC(C2)C1. The predicted octanol–water partition coefficient (Wildman–Crippen LogP) is 1.31. The second-order valence-corrected chi connectivity index (χ2v) is 5.00. The van der Waals surface area contributed by atoms with Crippen LogP contribution in [0.3, 0.4) is 0 Å². The van der Waals surface area contributed by atoms with Crippen LogP contribution in [0.25, 0.3) is 0 Å². The van der Waals surface area contributed by atoms with Crippen LogP contribution < -0.4 is 0 Å². The summed E-state index contributed by atoms with van der Waals surface area (Å²) in [5.41, 5.74) is -0.451. The van der Waals surface area contributed by atoms with Crippen molar-refractivity contribution in [2.45, 2.75) is 50.7 Å². The highest BCUT2D eigenvalue weighted by molar-refractivity contribution is 4.92. The maximum Gasteiger partial charge on any atom is 0.0625 e. The fourth-order valence-corrected chi connectivity index (χ4v) is 3.19. The highest BCUT2D eigenvalue weighted by atomic mass is 16.3. The summed E-state index contributed by atoms with van der Waals surface area (Å²) in [6.45, 7) is 1.93. The lowest BCUT2D eigenvalue weighted by molar-refractivity contribution is -0.0636. The quantitative estimate of drug-likeness (QED) is 0.575. The second kappa shape index (κ2) is 2.71. The standard InChI is InChI=1S/C10H18O2/c1-10(12)5-7-2-8(6-10)4-9(11)3-7/h7-9,11-12H,2-6H2,1H3. The van der Waals surface area contributed by atoms with Crippen molar-refractivity contribution >= 4 is 0 Å². The number of fused-ring (bicyclic) bond motifs is 2. The number of aliphatic hydroxyl groups excluding tert-OH is 1. The van der Waals surface area contributed by atoms with Crippen molar-refractivity contribution < 1.29 is 10.2 Å². The molecule has 0 spiro atoms. The first-order valence-corrected chi connectivity index (χ1v) is 4.95. The molecule has 12 heavy (non-hydrogen) atoms. The largest absolute Gasteiger partial charge is 0.393 e. The number of aliphatic hydroxyl groups is 2. The summed E-state index contributed by atoms with van der Waals surface area (Å²) in [4.78, 5) is 0. The predicted molar refractivity (Wildman–Crippen MR) is 46.7 cm³/mol. The Morgan fingerprint density at radius 2 is 1.58 bits per heavy atom. The number of rotatable bonds is 0. The minimum atomic E-state index is -0.451. The van der Waals surface area contributed by atoms with E-state index in [0.29, 0.717) is 11.8 Å². The van der Waals surface area contributed by atoms with E-state index in [1.165, 1.54) is 6.42 Å². The molecule has 0 aromatic carbocycles. The molecule has 2 bridgehead atoms. The van der Waals surface area contributed by atoms with E-state index in [9.17, 15) is 10.2 Å². The molecule has 0 aromatic rings. The Hall–Kier alpha value is -0.0800. The molecule has 0 saturated heterocycles. The van der Waals surface area contributed by atoms with Gasteiger partial charge in [0, 0.05) is 0 Å². The van der Waals surface area contributed by atoms with Crippen LogP contribution >= 0.6 is 0 Å². The van der Waals surface area contributed by atoms with Gasteiger partial charge in [-0.2, -0.15) is 0 Å². The molecule has 2 heteroatoms. The molecule has 2 aliphatic rings. The summed E-state index contributed by atoms with van der Waals surface area (Å²) < 4.78 is 0. The third-order valence-electron chi connectivity index (χ3n) is 3.33. The van der Waals surface area contributed by atoms with Crippen LogP contribution in [0.15, 0.2) is 0 Å². The molecule has 0 radical (unpaired) electrons. The van der Waals surface area contributed by atoms with E-state index in [2.05, 4.69) is 0 Å².